The quantitative estimate of drug-likeness (QED) is 0.713. The van der Waals surface area contributed by atoms with Gasteiger partial charge in [-0.05, 0) is 62.2 Å². The second-order valence-corrected chi connectivity index (χ2v) is 7.77. The zero-order chi connectivity index (χ0) is 13.3. The van der Waals surface area contributed by atoms with Crippen molar-refractivity contribution in [3.63, 3.8) is 0 Å². The average molecular weight is 414 g/mol. The summed E-state index contributed by atoms with van der Waals surface area (Å²) in [4.78, 5) is 0. The Labute approximate surface area is 131 Å². The molecule has 0 radical (unpaired) electrons. The van der Waals surface area contributed by atoms with Gasteiger partial charge in [0.2, 0.25) is 0 Å². The second-order valence-electron chi connectivity index (χ2n) is 3.64. The molecule has 2 aromatic rings. The minimum atomic E-state index is -0.403. The maximum absolute atomic E-state index is 13.5. The van der Waals surface area contributed by atoms with Crippen LogP contribution in [0.1, 0.15) is 17.2 Å². The molecule has 0 spiro atoms. The molecule has 0 saturated heterocycles. The summed E-state index contributed by atoms with van der Waals surface area (Å²) in [6.45, 7) is 0. The van der Waals surface area contributed by atoms with Gasteiger partial charge in [-0.3, -0.25) is 0 Å². The van der Waals surface area contributed by atoms with Gasteiger partial charge in [-0.1, -0.05) is 23.7 Å². The Bertz CT molecular complexity index is 573. The van der Waals surface area contributed by atoms with E-state index < -0.39 is 5.82 Å². The van der Waals surface area contributed by atoms with Crippen LogP contribution in [0, 0.1) is 5.82 Å². The van der Waals surface area contributed by atoms with Crippen LogP contribution in [0.4, 0.5) is 4.39 Å². The van der Waals surface area contributed by atoms with Gasteiger partial charge >= 0.3 is 0 Å². The Hall–Kier alpha value is 0.0600. The van der Waals surface area contributed by atoms with Crippen molar-refractivity contribution < 1.29 is 4.39 Å². The van der Waals surface area contributed by atoms with Crippen molar-refractivity contribution in [3.05, 3.63) is 53.8 Å². The second kappa shape index (κ2) is 6.01. The van der Waals surface area contributed by atoms with Crippen LogP contribution in [0.25, 0.3) is 0 Å². The van der Waals surface area contributed by atoms with Gasteiger partial charge in [0.1, 0.15) is 5.82 Å². The predicted molar refractivity (Wildman–Crippen MR) is 82.0 cm³/mol. The largest absolute Gasteiger partial charge is 0.309 e. The lowest BCUT2D eigenvalue weighted by Crippen LogP contribution is -2.18. The fourth-order valence-electron chi connectivity index (χ4n) is 1.77. The van der Waals surface area contributed by atoms with Gasteiger partial charge in [0, 0.05) is 0 Å². The van der Waals surface area contributed by atoms with E-state index in [2.05, 4.69) is 37.2 Å². The highest BCUT2D eigenvalue weighted by atomic mass is 79.9. The first kappa shape index (κ1) is 14.5. The lowest BCUT2D eigenvalue weighted by Gasteiger charge is -2.18. The molecule has 1 unspecified atom stereocenters. The fraction of sp³-hybridized carbons (Fsp3) is 0.167. The van der Waals surface area contributed by atoms with Crippen LogP contribution in [0.5, 0.6) is 0 Å². The molecule has 0 bridgehead atoms. The molecule has 96 valence electrons. The minimum absolute atomic E-state index is 0.148. The van der Waals surface area contributed by atoms with E-state index >= 15 is 0 Å². The van der Waals surface area contributed by atoms with E-state index in [9.17, 15) is 4.39 Å². The van der Waals surface area contributed by atoms with E-state index in [-0.39, 0.29) is 11.1 Å². The minimum Gasteiger partial charge on any atom is -0.309 e. The molecule has 1 N–H and O–H groups in total. The number of rotatable bonds is 3. The standard InChI is InChI=1S/C12H9Br2ClFNS/c1-17-11(7-5-9(13)18-12(7)14)6-3-2-4-8(16)10(6)15/h2-5,11,17H,1H3. The van der Waals surface area contributed by atoms with Crippen molar-refractivity contribution in [2.45, 2.75) is 6.04 Å². The third-order valence-electron chi connectivity index (χ3n) is 2.58. The summed E-state index contributed by atoms with van der Waals surface area (Å²) in [6.07, 6.45) is 0. The molecule has 2 rings (SSSR count). The van der Waals surface area contributed by atoms with Gasteiger partial charge in [0.25, 0.3) is 0 Å². The third-order valence-corrected chi connectivity index (χ3v) is 5.36. The number of benzene rings is 1. The molecule has 1 nitrogen and oxygen atoms in total. The van der Waals surface area contributed by atoms with Crippen molar-refractivity contribution in [3.8, 4) is 0 Å². The molecule has 0 saturated carbocycles. The van der Waals surface area contributed by atoms with Crippen LogP contribution in [0.15, 0.2) is 31.8 Å². The van der Waals surface area contributed by atoms with E-state index in [1.54, 1.807) is 17.4 Å². The number of halogens is 4. The number of nitrogens with one attached hydrogen (secondary N) is 1. The summed E-state index contributed by atoms with van der Waals surface area (Å²) in [5, 5.41) is 3.32. The summed E-state index contributed by atoms with van der Waals surface area (Å²) in [5.41, 5.74) is 1.76. The summed E-state index contributed by atoms with van der Waals surface area (Å²) in [6, 6.07) is 6.69. The molecule has 0 fully saturated rings. The topological polar surface area (TPSA) is 12.0 Å². The van der Waals surface area contributed by atoms with E-state index in [4.69, 9.17) is 11.6 Å². The monoisotopic (exact) mass is 411 g/mol. The molecule has 0 amide bonds. The molecule has 1 atom stereocenters. The van der Waals surface area contributed by atoms with Crippen LogP contribution >= 0.6 is 54.8 Å². The normalized spacial score (nSPS) is 12.7. The summed E-state index contributed by atoms with van der Waals surface area (Å²) in [5.74, 6) is -0.403. The highest BCUT2D eigenvalue weighted by Gasteiger charge is 2.21. The van der Waals surface area contributed by atoms with Crippen molar-refractivity contribution in [2.75, 3.05) is 7.05 Å². The number of hydrogen-bond donors (Lipinski definition) is 1. The molecule has 0 aliphatic heterocycles. The lowest BCUT2D eigenvalue weighted by molar-refractivity contribution is 0.617. The van der Waals surface area contributed by atoms with Gasteiger partial charge in [-0.2, -0.15) is 0 Å². The zero-order valence-corrected chi connectivity index (χ0v) is 14.1. The van der Waals surface area contributed by atoms with Crippen molar-refractivity contribution in [1.82, 2.24) is 5.32 Å². The molecular weight excluding hydrogens is 404 g/mol. The lowest BCUT2D eigenvalue weighted by atomic mass is 10.0. The van der Waals surface area contributed by atoms with Crippen LogP contribution < -0.4 is 5.32 Å². The Kier molecular flexibility index (Phi) is 4.83. The molecular formula is C12H9Br2ClFNS. The fourth-order valence-corrected chi connectivity index (χ4v) is 4.91. The van der Waals surface area contributed by atoms with Gasteiger partial charge in [0.15, 0.2) is 0 Å². The van der Waals surface area contributed by atoms with Gasteiger partial charge < -0.3 is 5.32 Å². The SMILES string of the molecule is CNC(c1cc(Br)sc1Br)c1cccc(F)c1Cl. The first-order valence-electron chi connectivity index (χ1n) is 5.10. The first-order valence-corrected chi connectivity index (χ1v) is 7.88. The average Bonchev–Trinajstić information content (AvgIpc) is 2.65. The van der Waals surface area contributed by atoms with Crippen molar-refractivity contribution in [2.24, 2.45) is 0 Å². The molecule has 18 heavy (non-hydrogen) atoms. The van der Waals surface area contributed by atoms with Crippen LogP contribution in [-0.2, 0) is 0 Å². The predicted octanol–water partition coefficient (Wildman–Crippen LogP) is 5.37. The van der Waals surface area contributed by atoms with Crippen molar-refractivity contribution in [1.29, 1.82) is 0 Å². The Morgan fingerprint density at radius 1 is 1.33 bits per heavy atom. The molecule has 1 heterocycles. The maximum Gasteiger partial charge on any atom is 0.142 e. The third kappa shape index (κ3) is 2.80. The van der Waals surface area contributed by atoms with E-state index in [0.717, 1.165) is 18.7 Å². The first-order chi connectivity index (χ1) is 8.54. The molecule has 0 aliphatic carbocycles. The molecule has 1 aromatic carbocycles. The van der Waals surface area contributed by atoms with E-state index in [0.29, 0.717) is 0 Å². The van der Waals surface area contributed by atoms with Crippen molar-refractivity contribution >= 4 is 54.8 Å². The summed E-state index contributed by atoms with van der Waals surface area (Å²) in [7, 11) is 1.82. The van der Waals surface area contributed by atoms with Crippen LogP contribution in [-0.4, -0.2) is 7.05 Å². The van der Waals surface area contributed by atoms with Gasteiger partial charge in [-0.15, -0.1) is 11.3 Å². The number of thiophene rings is 1. The Balaban J connectivity index is 2.52. The Morgan fingerprint density at radius 2 is 2.06 bits per heavy atom. The highest BCUT2D eigenvalue weighted by molar-refractivity contribution is 9.12. The molecule has 6 heteroatoms. The Morgan fingerprint density at radius 3 is 2.61 bits per heavy atom. The van der Waals surface area contributed by atoms with E-state index in [1.807, 2.05) is 19.2 Å². The maximum atomic E-state index is 13.5. The van der Waals surface area contributed by atoms with Gasteiger partial charge in [0.05, 0.1) is 18.6 Å². The smallest absolute Gasteiger partial charge is 0.142 e. The van der Waals surface area contributed by atoms with Crippen LogP contribution in [0.2, 0.25) is 5.02 Å². The number of hydrogen-bond acceptors (Lipinski definition) is 2. The van der Waals surface area contributed by atoms with Crippen LogP contribution in [0.3, 0.4) is 0 Å². The highest BCUT2D eigenvalue weighted by Crippen LogP contribution is 2.39. The zero-order valence-electron chi connectivity index (χ0n) is 9.31. The van der Waals surface area contributed by atoms with E-state index in [1.165, 1.54) is 6.07 Å². The van der Waals surface area contributed by atoms with Gasteiger partial charge in [-0.25, -0.2) is 4.39 Å². The molecule has 1 aromatic heterocycles. The summed E-state index contributed by atoms with van der Waals surface area (Å²) < 4.78 is 15.5. The molecule has 0 aliphatic rings. The summed E-state index contributed by atoms with van der Waals surface area (Å²) >= 11 is 14.6.